The van der Waals surface area contributed by atoms with Gasteiger partial charge in [-0.15, -0.1) is 0 Å². The van der Waals surface area contributed by atoms with Gasteiger partial charge in [-0.3, -0.25) is 0 Å². The molecule has 0 heterocycles. The number of aliphatic carboxylic acids is 6. The Labute approximate surface area is 797 Å². The van der Waals surface area contributed by atoms with Crippen molar-refractivity contribution in [2.45, 2.75) is 619 Å². The van der Waals surface area contributed by atoms with Crippen LogP contribution in [0.15, 0.2) is 36.5 Å². The Bertz CT molecular complexity index is 1830. The minimum absolute atomic E-state index is 0. The standard InChI is InChI=1S/3C18H36O2.3C18H34O2.3Al/c6*1-2-3-4-5-6-7-8-9-10-11-12-13-14-15-16-17-18(19)20;;;/h3*2-17H2,1H3,(H,19,20);3*9-10H,2-8,11-17H2,1H3,(H,19,20);;;/q;;;;;;3*+3/p-6/b;;;3*10-9-;;;. The first-order valence-corrected chi connectivity index (χ1v) is 52.8. The van der Waals surface area contributed by atoms with Crippen LogP contribution in [0.5, 0.6) is 0 Å². The van der Waals surface area contributed by atoms with Crippen LogP contribution < -0.4 is 30.6 Å². The molecule has 0 bridgehead atoms. The predicted molar refractivity (Wildman–Crippen MR) is 524 cm³/mol. The molecule has 0 amide bonds. The quantitative estimate of drug-likeness (QED) is 0.0314. The van der Waals surface area contributed by atoms with E-state index in [2.05, 4.69) is 78.0 Å². The molecule has 12 nitrogen and oxygen atoms in total. The van der Waals surface area contributed by atoms with Crippen molar-refractivity contribution in [3.63, 3.8) is 0 Å². The van der Waals surface area contributed by atoms with E-state index in [0.29, 0.717) is 0 Å². The summed E-state index contributed by atoms with van der Waals surface area (Å²) in [6, 6.07) is 0. The van der Waals surface area contributed by atoms with Gasteiger partial charge in [0, 0.05) is 35.8 Å². The van der Waals surface area contributed by atoms with Crippen molar-refractivity contribution in [3.05, 3.63) is 36.5 Å². The van der Waals surface area contributed by atoms with Crippen LogP contribution in [-0.2, 0) is 28.8 Å². The third kappa shape index (κ3) is 167. The van der Waals surface area contributed by atoms with Gasteiger partial charge in [0.15, 0.2) is 0 Å². The molecule has 0 aliphatic rings. The number of rotatable bonds is 93. The van der Waals surface area contributed by atoms with E-state index in [1.165, 1.54) is 443 Å². The van der Waals surface area contributed by atoms with Crippen LogP contribution in [0.1, 0.15) is 619 Å². The second kappa shape index (κ2) is 135. The molecule has 0 aliphatic heterocycles. The van der Waals surface area contributed by atoms with Gasteiger partial charge in [-0.05, 0) is 154 Å². The zero-order chi connectivity index (χ0) is 89.3. The minimum atomic E-state index is -0.914. The molecule has 0 saturated heterocycles. The first-order valence-electron chi connectivity index (χ1n) is 52.8. The molecule has 0 aliphatic carbocycles. The van der Waals surface area contributed by atoms with E-state index in [1.54, 1.807) is 0 Å². The monoisotopic (exact) mass is 1770 g/mol. The molecule has 123 heavy (non-hydrogen) atoms. The van der Waals surface area contributed by atoms with Gasteiger partial charge in [0.25, 0.3) is 0 Å². The Morgan fingerprint density at radius 2 is 0.203 bits per heavy atom. The number of carboxylic acid groups (broad SMARTS) is 6. The molecule has 714 valence electrons. The molecular weight excluding hydrogens is 1570 g/mol. The molecular formula is C108H204Al3O12+3. The van der Waals surface area contributed by atoms with Gasteiger partial charge in [0.1, 0.15) is 0 Å². The summed E-state index contributed by atoms with van der Waals surface area (Å²) >= 11 is 0. The average molecular weight is 1780 g/mol. The largest absolute Gasteiger partial charge is 3.00 e. The molecule has 0 saturated carbocycles. The molecule has 0 fully saturated rings. The second-order valence-electron chi connectivity index (χ2n) is 35.3. The van der Waals surface area contributed by atoms with Gasteiger partial charge in [-0.1, -0.05) is 502 Å². The van der Waals surface area contributed by atoms with Crippen molar-refractivity contribution in [2.24, 2.45) is 0 Å². The third-order valence-corrected chi connectivity index (χ3v) is 22.9. The zero-order valence-corrected chi connectivity index (χ0v) is 86.2. The Balaban J connectivity index is -0.000000180. The summed E-state index contributed by atoms with van der Waals surface area (Å²) in [4.78, 5) is 61.3. The van der Waals surface area contributed by atoms with Gasteiger partial charge in [0.05, 0.1) is 0 Å². The normalized spacial score (nSPS) is 10.8. The first kappa shape index (κ1) is 139. The second-order valence-corrected chi connectivity index (χ2v) is 35.3. The Hall–Kier alpha value is -2.36. The van der Waals surface area contributed by atoms with E-state index in [-0.39, 0.29) is 90.6 Å². The summed E-state index contributed by atoms with van der Waals surface area (Å²) in [6.07, 6.45) is 122. The molecule has 0 radical (unpaired) electrons. The fraction of sp³-hybridized carbons (Fsp3) is 0.889. The van der Waals surface area contributed by atoms with Crippen LogP contribution in [0.3, 0.4) is 0 Å². The third-order valence-electron chi connectivity index (χ3n) is 22.9. The molecule has 0 N–H and O–H groups in total. The Kier molecular flexibility index (Phi) is 152. The summed E-state index contributed by atoms with van der Waals surface area (Å²) in [6.45, 7) is 13.6. The van der Waals surface area contributed by atoms with Crippen molar-refractivity contribution in [3.8, 4) is 0 Å². The molecule has 0 aromatic heterocycles. The fourth-order valence-corrected chi connectivity index (χ4v) is 14.9. The number of hydrogen-bond acceptors (Lipinski definition) is 12. The van der Waals surface area contributed by atoms with E-state index < -0.39 is 35.8 Å². The molecule has 0 spiro atoms. The van der Waals surface area contributed by atoms with Crippen molar-refractivity contribution < 1.29 is 59.4 Å². The number of carbonyl (C=O) groups excluding carboxylic acids is 6. The molecule has 0 aromatic rings. The number of unbranched alkanes of at least 4 members (excludes halogenated alkanes) is 75. The van der Waals surface area contributed by atoms with Crippen molar-refractivity contribution in [1.82, 2.24) is 0 Å². The topological polar surface area (TPSA) is 241 Å². The number of allylic oxidation sites excluding steroid dienone is 6. The number of carbonyl (C=O) groups is 6. The van der Waals surface area contributed by atoms with Gasteiger partial charge < -0.3 is 59.4 Å². The molecule has 0 aromatic carbocycles. The Morgan fingerprint density at radius 3 is 0.285 bits per heavy atom. The van der Waals surface area contributed by atoms with E-state index >= 15 is 0 Å². The minimum Gasteiger partial charge on any atom is -0.550 e. The predicted octanol–water partition coefficient (Wildman–Crippen LogP) is 28.2. The van der Waals surface area contributed by atoms with Crippen LogP contribution in [-0.4, -0.2) is 87.9 Å². The van der Waals surface area contributed by atoms with E-state index in [9.17, 15) is 59.4 Å². The number of carboxylic acids is 6. The molecule has 15 heteroatoms. The van der Waals surface area contributed by atoms with Crippen molar-refractivity contribution in [1.29, 1.82) is 0 Å². The van der Waals surface area contributed by atoms with Crippen LogP contribution in [0, 0.1) is 0 Å². The molecule has 0 unspecified atom stereocenters. The van der Waals surface area contributed by atoms with Gasteiger partial charge in [-0.25, -0.2) is 0 Å². The van der Waals surface area contributed by atoms with Crippen LogP contribution in [0.4, 0.5) is 0 Å². The van der Waals surface area contributed by atoms with E-state index in [0.717, 1.165) is 96.3 Å². The van der Waals surface area contributed by atoms with Crippen LogP contribution in [0.25, 0.3) is 0 Å². The van der Waals surface area contributed by atoms with E-state index in [4.69, 9.17) is 0 Å². The summed E-state index contributed by atoms with van der Waals surface area (Å²) in [5.74, 6) is -5.45. The molecule has 0 rings (SSSR count). The summed E-state index contributed by atoms with van der Waals surface area (Å²) in [5.41, 5.74) is 0. The van der Waals surface area contributed by atoms with Crippen molar-refractivity contribution >= 4 is 87.9 Å². The average Bonchev–Trinajstić information content (AvgIpc) is 1.20. The van der Waals surface area contributed by atoms with Crippen LogP contribution >= 0.6 is 0 Å². The maximum atomic E-state index is 10.2. The summed E-state index contributed by atoms with van der Waals surface area (Å²) in [7, 11) is 0. The van der Waals surface area contributed by atoms with Gasteiger partial charge in [0.2, 0.25) is 0 Å². The van der Waals surface area contributed by atoms with Crippen LogP contribution in [0.2, 0.25) is 0 Å². The van der Waals surface area contributed by atoms with Gasteiger partial charge >= 0.3 is 52.1 Å². The SMILES string of the molecule is CCCCCCCC/C=C\CCCCCCCC(=O)[O-].CCCCCCCC/C=C\CCCCCCCC(=O)[O-].CCCCCCCC/C=C\CCCCCCCC(=O)[O-].CCCCCCCCCCCCCCCCCC(=O)[O-].CCCCCCCCCCCCCCCCCC(=O)[O-].CCCCCCCCCCCCCCCCCC(=O)[O-].[Al+3].[Al+3].[Al+3]. The van der Waals surface area contributed by atoms with Gasteiger partial charge in [-0.2, -0.15) is 0 Å². The van der Waals surface area contributed by atoms with Crippen molar-refractivity contribution in [2.75, 3.05) is 0 Å². The summed E-state index contributed by atoms with van der Waals surface area (Å²) in [5, 5.41) is 61.3. The fourth-order valence-electron chi connectivity index (χ4n) is 14.9. The Morgan fingerprint density at radius 1 is 0.130 bits per heavy atom. The first-order chi connectivity index (χ1) is 58.6. The van der Waals surface area contributed by atoms with E-state index in [1.807, 2.05) is 0 Å². The summed E-state index contributed by atoms with van der Waals surface area (Å²) < 4.78 is 0. The molecule has 0 atom stereocenters. The maximum absolute atomic E-state index is 10.2. The zero-order valence-electron chi connectivity index (χ0n) is 82.7. The smallest absolute Gasteiger partial charge is 0.550 e. The number of hydrogen-bond donors (Lipinski definition) is 0. The maximum Gasteiger partial charge on any atom is 3.00 e.